The van der Waals surface area contributed by atoms with Gasteiger partial charge in [0.1, 0.15) is 5.75 Å². The Morgan fingerprint density at radius 3 is 2.23 bits per heavy atom. The Hall–Kier alpha value is -2.86. The molecule has 5 nitrogen and oxygen atoms in total. The monoisotopic (exact) mass is 372 g/mol. The lowest BCUT2D eigenvalue weighted by atomic mass is 10.0. The first-order valence-corrected chi connectivity index (χ1v) is 9.66. The van der Waals surface area contributed by atoms with Crippen LogP contribution in [-0.2, 0) is 14.6 Å². The molecular weight excluding hydrogens is 352 g/mol. The first kappa shape index (κ1) is 19.5. The molecule has 0 heterocycles. The van der Waals surface area contributed by atoms with Crippen molar-refractivity contribution in [3.63, 3.8) is 0 Å². The predicted octanol–water partition coefficient (Wildman–Crippen LogP) is 3.94. The van der Waals surface area contributed by atoms with Crippen molar-refractivity contribution in [2.75, 3.05) is 6.26 Å². The first-order valence-electron chi connectivity index (χ1n) is 7.77. The molecule has 0 aliphatic carbocycles. The van der Waals surface area contributed by atoms with E-state index < -0.39 is 15.8 Å². The highest BCUT2D eigenvalue weighted by Crippen LogP contribution is 2.25. The van der Waals surface area contributed by atoms with Gasteiger partial charge in [0.15, 0.2) is 9.84 Å². The minimum atomic E-state index is -3.33. The molecule has 0 saturated heterocycles. The lowest BCUT2D eigenvalue weighted by Gasteiger charge is -2.09. The molecule has 2 aromatic rings. The summed E-state index contributed by atoms with van der Waals surface area (Å²) in [6.45, 7) is 7.30. The Morgan fingerprint density at radius 1 is 1.15 bits per heavy atom. The third-order valence-corrected chi connectivity index (χ3v) is 4.75. The largest absolute Gasteiger partial charge is 0.478 e. The summed E-state index contributed by atoms with van der Waals surface area (Å²) in [5.74, 6) is 0.120. The second kappa shape index (κ2) is 7.58. The molecule has 0 radical (unpaired) electrons. The molecule has 0 bridgehead atoms. The predicted molar refractivity (Wildman–Crippen MR) is 102 cm³/mol. The van der Waals surface area contributed by atoms with Crippen molar-refractivity contribution in [3.8, 4) is 5.75 Å². The van der Waals surface area contributed by atoms with Crippen molar-refractivity contribution in [3.05, 3.63) is 71.5 Å². The third-order valence-electron chi connectivity index (χ3n) is 3.62. The van der Waals surface area contributed by atoms with Crippen LogP contribution in [0.15, 0.2) is 59.7 Å². The number of rotatable bonds is 6. The van der Waals surface area contributed by atoms with Gasteiger partial charge in [-0.3, -0.25) is 0 Å². The van der Waals surface area contributed by atoms with Gasteiger partial charge in [-0.25, -0.2) is 13.2 Å². The number of carbonyl (C=O) groups is 1. The maximum absolute atomic E-state index is 11.7. The Balaban J connectivity index is 2.42. The number of ether oxygens (including phenoxy) is 1. The molecule has 2 aromatic carbocycles. The highest BCUT2D eigenvalue weighted by atomic mass is 32.2. The number of aryl methyl sites for hydroxylation is 1. The third kappa shape index (κ3) is 4.83. The minimum Gasteiger partial charge on any atom is -0.478 e. The van der Waals surface area contributed by atoms with E-state index in [1.165, 1.54) is 30.3 Å². The highest BCUT2D eigenvalue weighted by molar-refractivity contribution is 7.90. The van der Waals surface area contributed by atoms with Crippen LogP contribution in [0.5, 0.6) is 5.75 Å². The first-order chi connectivity index (χ1) is 12.1. The van der Waals surface area contributed by atoms with Gasteiger partial charge in [-0.1, -0.05) is 24.8 Å². The molecule has 0 aliphatic heterocycles. The Labute approximate surface area is 153 Å². The molecule has 0 amide bonds. The van der Waals surface area contributed by atoms with Crippen LogP contribution in [0.25, 0.3) is 11.6 Å². The van der Waals surface area contributed by atoms with E-state index in [4.69, 9.17) is 4.74 Å². The summed E-state index contributed by atoms with van der Waals surface area (Å²) in [5, 5.41) is 9.54. The molecule has 1 N–H and O–H groups in total. The fourth-order valence-corrected chi connectivity index (χ4v) is 3.01. The lowest BCUT2D eigenvalue weighted by Crippen LogP contribution is -2.01. The van der Waals surface area contributed by atoms with Crippen molar-refractivity contribution in [2.24, 2.45) is 0 Å². The summed E-state index contributed by atoms with van der Waals surface area (Å²) in [6, 6.07) is 11.1. The van der Waals surface area contributed by atoms with Crippen LogP contribution in [0.1, 0.15) is 23.6 Å². The number of allylic oxidation sites excluding steroid dienone is 1. The van der Waals surface area contributed by atoms with E-state index in [9.17, 15) is 18.3 Å². The number of hydrogen-bond acceptors (Lipinski definition) is 4. The van der Waals surface area contributed by atoms with Gasteiger partial charge in [0.25, 0.3) is 0 Å². The molecule has 0 atom stereocenters. The molecule has 6 heteroatoms. The van der Waals surface area contributed by atoms with Gasteiger partial charge < -0.3 is 9.84 Å². The molecule has 0 saturated carbocycles. The molecule has 0 aromatic heterocycles. The van der Waals surface area contributed by atoms with Gasteiger partial charge in [0, 0.05) is 6.26 Å². The normalized spacial score (nSPS) is 11.9. The van der Waals surface area contributed by atoms with Crippen LogP contribution >= 0.6 is 0 Å². The summed E-state index contributed by atoms with van der Waals surface area (Å²) in [7, 11) is -3.33. The van der Waals surface area contributed by atoms with Gasteiger partial charge in [-0.15, -0.1) is 0 Å². The van der Waals surface area contributed by atoms with Gasteiger partial charge in [0.2, 0.25) is 0 Å². The van der Waals surface area contributed by atoms with Crippen molar-refractivity contribution in [2.45, 2.75) is 18.7 Å². The van der Waals surface area contributed by atoms with Crippen molar-refractivity contribution >= 4 is 27.5 Å². The molecule has 0 fully saturated rings. The Kier molecular flexibility index (Phi) is 5.67. The number of aliphatic carboxylic acids is 1. The minimum absolute atomic E-state index is 0.0676. The van der Waals surface area contributed by atoms with Crippen LogP contribution in [0.2, 0.25) is 0 Å². The molecule has 0 spiro atoms. The summed E-state index contributed by atoms with van der Waals surface area (Å²) in [4.78, 5) is 11.8. The van der Waals surface area contributed by atoms with Crippen molar-refractivity contribution in [1.29, 1.82) is 0 Å². The van der Waals surface area contributed by atoms with E-state index in [-0.39, 0.29) is 10.5 Å². The van der Waals surface area contributed by atoms with Crippen LogP contribution < -0.4 is 4.74 Å². The van der Waals surface area contributed by atoms with Crippen LogP contribution in [-0.4, -0.2) is 25.7 Å². The maximum atomic E-state index is 11.7. The fourth-order valence-electron chi connectivity index (χ4n) is 2.38. The van der Waals surface area contributed by atoms with E-state index in [1.807, 2.05) is 13.0 Å². The zero-order valence-electron chi connectivity index (χ0n) is 14.8. The van der Waals surface area contributed by atoms with E-state index in [0.29, 0.717) is 22.6 Å². The van der Waals surface area contributed by atoms with Crippen molar-refractivity contribution in [1.82, 2.24) is 0 Å². The van der Waals surface area contributed by atoms with Gasteiger partial charge in [-0.2, -0.15) is 0 Å². The number of carboxylic acids is 1. The van der Waals surface area contributed by atoms with Gasteiger partial charge in [0.05, 0.1) is 16.2 Å². The van der Waals surface area contributed by atoms with E-state index in [0.717, 1.165) is 11.8 Å². The second-order valence-electron chi connectivity index (χ2n) is 5.99. The second-order valence-corrected chi connectivity index (χ2v) is 8.00. The van der Waals surface area contributed by atoms with Gasteiger partial charge >= 0.3 is 5.97 Å². The molecule has 136 valence electrons. The highest BCUT2D eigenvalue weighted by Gasteiger charge is 2.13. The maximum Gasteiger partial charge on any atom is 0.336 e. The topological polar surface area (TPSA) is 80.7 Å². The summed E-state index contributed by atoms with van der Waals surface area (Å²) in [6.07, 6.45) is 2.64. The lowest BCUT2D eigenvalue weighted by molar-refractivity contribution is -0.130. The number of carboxylic acid groups (broad SMARTS) is 1. The average molecular weight is 372 g/mol. The standard InChI is InChI=1S/C20H20O5S/c1-13(2)25-19-10-5-15(11-14(19)3)12-18(20(21)22)16-6-8-17(9-7-16)26(4,23)24/h5-12H,1H2,2-4H3,(H,21,22)/b18-12+. The molecule has 0 aliphatic rings. The molecular formula is C20H20O5S. The molecule has 2 rings (SSSR count). The summed E-state index contributed by atoms with van der Waals surface area (Å²) < 4.78 is 28.6. The quantitative estimate of drug-likeness (QED) is 0.472. The zero-order valence-corrected chi connectivity index (χ0v) is 15.6. The van der Waals surface area contributed by atoms with Crippen LogP contribution in [0.3, 0.4) is 0 Å². The van der Waals surface area contributed by atoms with E-state index in [1.54, 1.807) is 19.1 Å². The van der Waals surface area contributed by atoms with Crippen LogP contribution in [0.4, 0.5) is 0 Å². The molecule has 0 unspecified atom stereocenters. The number of hydrogen-bond donors (Lipinski definition) is 1. The molecule has 26 heavy (non-hydrogen) atoms. The summed E-state index contributed by atoms with van der Waals surface area (Å²) in [5.41, 5.74) is 2.03. The fraction of sp³-hybridized carbons (Fsp3) is 0.150. The summed E-state index contributed by atoms with van der Waals surface area (Å²) >= 11 is 0. The SMILES string of the molecule is C=C(C)Oc1ccc(/C=C(/C(=O)O)c2ccc(S(C)(=O)=O)cc2)cc1C. The number of benzene rings is 2. The van der Waals surface area contributed by atoms with Crippen molar-refractivity contribution < 1.29 is 23.1 Å². The zero-order chi connectivity index (χ0) is 19.5. The Bertz CT molecular complexity index is 983. The van der Waals surface area contributed by atoms with Crippen LogP contribution in [0, 0.1) is 6.92 Å². The Morgan fingerprint density at radius 2 is 1.77 bits per heavy atom. The van der Waals surface area contributed by atoms with Gasteiger partial charge in [-0.05, 0) is 60.9 Å². The van der Waals surface area contributed by atoms with E-state index >= 15 is 0 Å². The smallest absolute Gasteiger partial charge is 0.336 e. The van der Waals surface area contributed by atoms with E-state index in [2.05, 4.69) is 6.58 Å². The number of sulfone groups is 1. The average Bonchev–Trinajstić information content (AvgIpc) is 2.53.